The highest BCUT2D eigenvalue weighted by atomic mass is 16.6. The quantitative estimate of drug-likeness (QED) is 0.709. The highest BCUT2D eigenvalue weighted by Gasteiger charge is 2.44. The number of hydrogen-bond donors (Lipinski definition) is 0. The molecule has 2 fully saturated rings. The maximum atomic E-state index is 13.2. The first-order valence-electron chi connectivity index (χ1n) is 10.1. The lowest BCUT2D eigenvalue weighted by atomic mass is 9.75. The lowest BCUT2D eigenvalue weighted by molar-refractivity contribution is -0.0261. The van der Waals surface area contributed by atoms with Crippen molar-refractivity contribution in [3.05, 3.63) is 29.8 Å². The Balaban J connectivity index is 1.77. The number of piperidine rings is 2. The van der Waals surface area contributed by atoms with Crippen LogP contribution in [0.4, 0.5) is 4.79 Å². The van der Waals surface area contributed by atoms with Gasteiger partial charge in [0.15, 0.2) is 5.78 Å². The van der Waals surface area contributed by atoms with Gasteiger partial charge in [-0.2, -0.15) is 0 Å². The molecule has 148 valence electrons. The number of ether oxygens (including phenoxy) is 2. The van der Waals surface area contributed by atoms with Crippen molar-refractivity contribution in [2.45, 2.75) is 77.5 Å². The van der Waals surface area contributed by atoms with Crippen LogP contribution in [0.25, 0.3) is 0 Å². The van der Waals surface area contributed by atoms with E-state index >= 15 is 0 Å². The number of carbonyl (C=O) groups is 2. The number of rotatable bonds is 4. The lowest BCUT2D eigenvalue weighted by Crippen LogP contribution is -2.56. The fourth-order valence-corrected chi connectivity index (χ4v) is 4.38. The number of amides is 1. The van der Waals surface area contributed by atoms with E-state index in [1.165, 1.54) is 0 Å². The van der Waals surface area contributed by atoms with E-state index in [2.05, 4.69) is 0 Å². The van der Waals surface area contributed by atoms with Gasteiger partial charge in [-0.25, -0.2) is 4.79 Å². The number of ketones is 1. The minimum atomic E-state index is -0.505. The molecule has 2 heterocycles. The Bertz CT molecular complexity index is 680. The number of benzene rings is 1. The average Bonchev–Trinajstić information content (AvgIpc) is 2.59. The Morgan fingerprint density at radius 1 is 1.11 bits per heavy atom. The SMILES string of the molecule is CCOc1ccccc1C(=O)C1CC2CCCC(C1)N2C(=O)OC(C)(C)C. The minimum Gasteiger partial charge on any atom is -0.493 e. The van der Waals surface area contributed by atoms with Gasteiger partial charge < -0.3 is 14.4 Å². The molecule has 2 unspecified atom stereocenters. The zero-order chi connectivity index (χ0) is 19.6. The van der Waals surface area contributed by atoms with Gasteiger partial charge in [-0.1, -0.05) is 12.1 Å². The van der Waals surface area contributed by atoms with E-state index in [-0.39, 0.29) is 29.9 Å². The number of carbonyl (C=O) groups excluding carboxylic acids is 2. The molecular formula is C22H31NO4. The highest BCUT2D eigenvalue weighted by Crippen LogP contribution is 2.40. The van der Waals surface area contributed by atoms with Crippen molar-refractivity contribution < 1.29 is 19.1 Å². The van der Waals surface area contributed by atoms with Gasteiger partial charge in [0.05, 0.1) is 12.2 Å². The van der Waals surface area contributed by atoms with Crippen LogP contribution in [-0.4, -0.2) is 41.1 Å². The van der Waals surface area contributed by atoms with E-state index in [0.717, 1.165) is 19.3 Å². The van der Waals surface area contributed by atoms with Crippen LogP contribution in [0.15, 0.2) is 24.3 Å². The normalized spacial score (nSPS) is 25.0. The van der Waals surface area contributed by atoms with Gasteiger partial charge in [-0.3, -0.25) is 4.79 Å². The maximum Gasteiger partial charge on any atom is 0.410 e. The first kappa shape index (κ1) is 19.7. The molecule has 1 aromatic carbocycles. The zero-order valence-corrected chi connectivity index (χ0v) is 16.9. The first-order chi connectivity index (χ1) is 12.8. The van der Waals surface area contributed by atoms with Gasteiger partial charge in [-0.15, -0.1) is 0 Å². The van der Waals surface area contributed by atoms with E-state index in [1.807, 2.05) is 56.9 Å². The minimum absolute atomic E-state index is 0.0689. The van der Waals surface area contributed by atoms with Gasteiger partial charge in [0.1, 0.15) is 11.4 Å². The standard InChI is InChI=1S/C22H31NO4/c1-5-26-19-12-7-6-11-18(19)20(24)15-13-16-9-8-10-17(14-15)23(16)21(25)27-22(2,3)4/h6-7,11-12,15-17H,5,8-10,13-14H2,1-4H3. The summed E-state index contributed by atoms with van der Waals surface area (Å²) in [7, 11) is 0. The molecule has 2 bridgehead atoms. The summed E-state index contributed by atoms with van der Waals surface area (Å²) in [6.45, 7) is 8.13. The Labute approximate surface area is 162 Å². The van der Waals surface area contributed by atoms with Crippen LogP contribution in [0.2, 0.25) is 0 Å². The summed E-state index contributed by atoms with van der Waals surface area (Å²) in [6.07, 6.45) is 4.15. The number of nitrogens with zero attached hydrogens (tertiary/aromatic N) is 1. The van der Waals surface area contributed by atoms with Crippen molar-refractivity contribution in [1.29, 1.82) is 0 Å². The molecule has 0 spiro atoms. The van der Waals surface area contributed by atoms with Crippen LogP contribution in [0.3, 0.4) is 0 Å². The molecule has 0 radical (unpaired) electrons. The molecule has 1 aromatic rings. The van der Waals surface area contributed by atoms with E-state index in [0.29, 0.717) is 30.8 Å². The summed E-state index contributed by atoms with van der Waals surface area (Å²) in [5, 5.41) is 0. The zero-order valence-electron chi connectivity index (χ0n) is 16.9. The van der Waals surface area contributed by atoms with Crippen molar-refractivity contribution in [2.24, 2.45) is 5.92 Å². The predicted molar refractivity (Wildman–Crippen MR) is 104 cm³/mol. The number of para-hydroxylation sites is 1. The van der Waals surface area contributed by atoms with Crippen molar-refractivity contribution in [1.82, 2.24) is 4.90 Å². The molecule has 0 aromatic heterocycles. The van der Waals surface area contributed by atoms with Crippen LogP contribution in [0.1, 0.15) is 70.2 Å². The summed E-state index contributed by atoms with van der Waals surface area (Å²) < 4.78 is 11.3. The largest absolute Gasteiger partial charge is 0.493 e. The van der Waals surface area contributed by atoms with Gasteiger partial charge in [-0.05, 0) is 71.9 Å². The van der Waals surface area contributed by atoms with Crippen molar-refractivity contribution in [2.75, 3.05) is 6.61 Å². The Hall–Kier alpha value is -2.04. The van der Waals surface area contributed by atoms with Gasteiger partial charge in [0, 0.05) is 18.0 Å². The van der Waals surface area contributed by atoms with Crippen molar-refractivity contribution in [3.63, 3.8) is 0 Å². The molecule has 5 heteroatoms. The molecule has 5 nitrogen and oxygen atoms in total. The van der Waals surface area contributed by atoms with Crippen LogP contribution in [0, 0.1) is 5.92 Å². The van der Waals surface area contributed by atoms with Gasteiger partial charge >= 0.3 is 6.09 Å². The molecule has 3 rings (SSSR count). The molecule has 27 heavy (non-hydrogen) atoms. The predicted octanol–water partition coefficient (Wildman–Crippen LogP) is 4.84. The third kappa shape index (κ3) is 4.45. The summed E-state index contributed by atoms with van der Waals surface area (Å²) in [4.78, 5) is 27.8. The smallest absolute Gasteiger partial charge is 0.410 e. The Morgan fingerprint density at radius 2 is 1.74 bits per heavy atom. The van der Waals surface area contributed by atoms with E-state index in [9.17, 15) is 9.59 Å². The van der Waals surface area contributed by atoms with Crippen LogP contribution in [0.5, 0.6) is 5.75 Å². The topological polar surface area (TPSA) is 55.8 Å². The summed E-state index contributed by atoms with van der Waals surface area (Å²) in [5.74, 6) is 0.727. The molecule has 0 aliphatic carbocycles. The lowest BCUT2D eigenvalue weighted by Gasteiger charge is -2.48. The highest BCUT2D eigenvalue weighted by molar-refractivity contribution is 6.00. The number of fused-ring (bicyclic) bond motifs is 2. The monoisotopic (exact) mass is 373 g/mol. The van der Waals surface area contributed by atoms with Gasteiger partial charge in [0.2, 0.25) is 0 Å². The molecule has 2 saturated heterocycles. The first-order valence-corrected chi connectivity index (χ1v) is 10.1. The summed E-state index contributed by atoms with van der Waals surface area (Å²) in [6, 6.07) is 7.64. The molecule has 2 atom stereocenters. The second-order valence-corrected chi connectivity index (χ2v) is 8.59. The van der Waals surface area contributed by atoms with E-state index in [4.69, 9.17) is 9.47 Å². The van der Waals surface area contributed by atoms with Gasteiger partial charge in [0.25, 0.3) is 0 Å². The average molecular weight is 373 g/mol. The number of hydrogen-bond acceptors (Lipinski definition) is 4. The molecule has 0 N–H and O–H groups in total. The molecule has 2 aliphatic rings. The van der Waals surface area contributed by atoms with E-state index < -0.39 is 5.60 Å². The Morgan fingerprint density at radius 3 is 2.33 bits per heavy atom. The molecule has 2 aliphatic heterocycles. The molecule has 0 saturated carbocycles. The fraction of sp³-hybridized carbons (Fsp3) is 0.636. The fourth-order valence-electron chi connectivity index (χ4n) is 4.38. The number of Topliss-reactive ketones (excluding diaryl/α,β-unsaturated/α-hetero) is 1. The molecular weight excluding hydrogens is 342 g/mol. The Kier molecular flexibility index (Phi) is 5.78. The third-order valence-corrected chi connectivity index (χ3v) is 5.40. The van der Waals surface area contributed by atoms with Crippen molar-refractivity contribution in [3.8, 4) is 5.75 Å². The second kappa shape index (κ2) is 7.91. The van der Waals surface area contributed by atoms with Crippen LogP contribution >= 0.6 is 0 Å². The second-order valence-electron chi connectivity index (χ2n) is 8.59. The van der Waals surface area contributed by atoms with Crippen LogP contribution < -0.4 is 4.74 Å². The van der Waals surface area contributed by atoms with Crippen molar-refractivity contribution >= 4 is 11.9 Å². The maximum absolute atomic E-state index is 13.2. The van der Waals surface area contributed by atoms with Crippen LogP contribution in [-0.2, 0) is 4.74 Å². The summed E-state index contributed by atoms with van der Waals surface area (Å²) >= 11 is 0. The van der Waals surface area contributed by atoms with E-state index in [1.54, 1.807) is 0 Å². The third-order valence-electron chi connectivity index (χ3n) is 5.40. The summed E-state index contributed by atoms with van der Waals surface area (Å²) in [5.41, 5.74) is 0.155. The molecule has 1 amide bonds.